The summed E-state index contributed by atoms with van der Waals surface area (Å²) in [5, 5.41) is 6.58. The number of benzene rings is 1. The van der Waals surface area contributed by atoms with E-state index in [1.165, 1.54) is 0 Å². The zero-order chi connectivity index (χ0) is 18.7. The van der Waals surface area contributed by atoms with Crippen LogP contribution in [0.4, 0.5) is 0 Å². The van der Waals surface area contributed by atoms with Gasteiger partial charge in [-0.3, -0.25) is 4.79 Å². The molecule has 1 saturated carbocycles. The molecule has 0 bridgehead atoms. The molecule has 1 heterocycles. The molecule has 0 aromatic heterocycles. The van der Waals surface area contributed by atoms with Crippen molar-refractivity contribution in [2.75, 3.05) is 26.8 Å². The Hall–Kier alpha value is -1.75. The molecule has 5 nitrogen and oxygen atoms in total. The van der Waals surface area contributed by atoms with Crippen molar-refractivity contribution in [3.05, 3.63) is 23.8 Å². The minimum atomic E-state index is -0.0464. The van der Waals surface area contributed by atoms with Crippen LogP contribution in [0, 0.1) is 17.3 Å². The average molecular weight is 360 g/mol. The second kappa shape index (κ2) is 7.87. The lowest BCUT2D eigenvalue weighted by molar-refractivity contribution is -0.123. The van der Waals surface area contributed by atoms with Crippen LogP contribution in [0.5, 0.6) is 11.5 Å². The van der Waals surface area contributed by atoms with Crippen molar-refractivity contribution in [2.24, 2.45) is 17.3 Å². The summed E-state index contributed by atoms with van der Waals surface area (Å²) in [6.45, 7) is 8.99. The minimum Gasteiger partial charge on any atom is -0.493 e. The molecule has 2 aliphatic rings. The maximum absolute atomic E-state index is 12.7. The van der Waals surface area contributed by atoms with Gasteiger partial charge < -0.3 is 20.1 Å². The Morgan fingerprint density at radius 2 is 2.00 bits per heavy atom. The Morgan fingerprint density at radius 1 is 1.27 bits per heavy atom. The van der Waals surface area contributed by atoms with E-state index in [1.807, 2.05) is 25.1 Å². The van der Waals surface area contributed by atoms with Gasteiger partial charge in [0.2, 0.25) is 5.91 Å². The molecule has 1 aromatic carbocycles. The molecule has 1 saturated heterocycles. The molecule has 1 spiro atoms. The number of nitrogens with one attached hydrogen (secondary N) is 2. The first kappa shape index (κ1) is 19.0. The monoisotopic (exact) mass is 360 g/mol. The fourth-order valence-corrected chi connectivity index (χ4v) is 3.92. The molecule has 1 aliphatic heterocycles. The molecule has 2 N–H and O–H groups in total. The average Bonchev–Trinajstić information content (AvgIpc) is 3.33. The van der Waals surface area contributed by atoms with Crippen LogP contribution >= 0.6 is 0 Å². The van der Waals surface area contributed by atoms with E-state index in [0.29, 0.717) is 18.3 Å². The fourth-order valence-electron chi connectivity index (χ4n) is 3.92. The van der Waals surface area contributed by atoms with Crippen molar-refractivity contribution in [1.82, 2.24) is 10.6 Å². The van der Waals surface area contributed by atoms with Gasteiger partial charge in [0.15, 0.2) is 11.5 Å². The summed E-state index contributed by atoms with van der Waals surface area (Å²) >= 11 is 0. The molecule has 2 unspecified atom stereocenters. The van der Waals surface area contributed by atoms with Crippen LogP contribution in [0.25, 0.3) is 0 Å². The molecule has 1 aliphatic carbocycles. The third-order valence-corrected chi connectivity index (χ3v) is 5.72. The highest BCUT2D eigenvalue weighted by Crippen LogP contribution is 2.58. The van der Waals surface area contributed by atoms with Crippen molar-refractivity contribution < 1.29 is 14.3 Å². The predicted octanol–water partition coefficient (Wildman–Crippen LogP) is 3.30. The maximum atomic E-state index is 12.7. The van der Waals surface area contributed by atoms with E-state index in [0.717, 1.165) is 43.7 Å². The Bertz CT molecular complexity index is 638. The van der Waals surface area contributed by atoms with Crippen LogP contribution < -0.4 is 20.1 Å². The predicted molar refractivity (Wildman–Crippen MR) is 103 cm³/mol. The number of carbonyl (C=O) groups excluding carboxylic acids is 1. The fraction of sp³-hybridized carbons (Fsp3) is 0.667. The minimum absolute atomic E-state index is 0.0464. The lowest BCUT2D eigenvalue weighted by Crippen LogP contribution is -2.34. The second-order valence-corrected chi connectivity index (χ2v) is 8.21. The summed E-state index contributed by atoms with van der Waals surface area (Å²) in [5.41, 5.74) is 1.30. The Morgan fingerprint density at radius 3 is 2.65 bits per heavy atom. The van der Waals surface area contributed by atoms with E-state index in [4.69, 9.17) is 9.47 Å². The van der Waals surface area contributed by atoms with E-state index in [-0.39, 0.29) is 23.3 Å². The van der Waals surface area contributed by atoms with E-state index < -0.39 is 0 Å². The molecule has 0 radical (unpaired) electrons. The van der Waals surface area contributed by atoms with Crippen LogP contribution in [0.2, 0.25) is 0 Å². The third-order valence-electron chi connectivity index (χ3n) is 5.72. The Labute approximate surface area is 156 Å². The molecule has 2 atom stereocenters. The van der Waals surface area contributed by atoms with Crippen molar-refractivity contribution >= 4 is 5.91 Å². The molecular formula is C21H32N2O3. The standard InChI is InChI=1S/C21H32N2O3/c1-14(2)13-26-18-6-5-16(11-19(18)25-4)15(3)23-20(24)17-12-21(17)7-9-22-10-8-21/h5-6,11,14-15,17,22H,7-10,12-13H2,1-4H3,(H,23,24). The van der Waals surface area contributed by atoms with Crippen LogP contribution in [0.3, 0.4) is 0 Å². The topological polar surface area (TPSA) is 59.6 Å². The first-order chi connectivity index (χ1) is 12.4. The highest BCUT2D eigenvalue weighted by Gasteiger charge is 2.57. The van der Waals surface area contributed by atoms with Crippen LogP contribution in [-0.4, -0.2) is 32.7 Å². The summed E-state index contributed by atoms with van der Waals surface area (Å²) in [7, 11) is 1.65. The zero-order valence-corrected chi connectivity index (χ0v) is 16.4. The van der Waals surface area contributed by atoms with Gasteiger partial charge >= 0.3 is 0 Å². The number of rotatable bonds is 7. The smallest absolute Gasteiger partial charge is 0.224 e. The number of hydrogen-bond donors (Lipinski definition) is 2. The molecule has 26 heavy (non-hydrogen) atoms. The summed E-state index contributed by atoms with van der Waals surface area (Å²) < 4.78 is 11.3. The van der Waals surface area contributed by atoms with E-state index >= 15 is 0 Å². The van der Waals surface area contributed by atoms with Crippen molar-refractivity contribution in [2.45, 2.75) is 46.1 Å². The SMILES string of the molecule is COc1cc(C(C)NC(=O)C2CC23CCNCC3)ccc1OCC(C)C. The highest BCUT2D eigenvalue weighted by molar-refractivity contribution is 5.83. The second-order valence-electron chi connectivity index (χ2n) is 8.21. The molecule has 1 aromatic rings. The zero-order valence-electron chi connectivity index (χ0n) is 16.4. The van der Waals surface area contributed by atoms with Gasteiger partial charge in [-0.25, -0.2) is 0 Å². The normalized spacial score (nSPS) is 22.1. The van der Waals surface area contributed by atoms with Crippen molar-refractivity contribution in [3.63, 3.8) is 0 Å². The summed E-state index contributed by atoms with van der Waals surface area (Å²) in [5.74, 6) is 2.30. The number of hydrogen-bond acceptors (Lipinski definition) is 4. The van der Waals surface area contributed by atoms with Gasteiger partial charge in [0.25, 0.3) is 0 Å². The van der Waals surface area contributed by atoms with Crippen molar-refractivity contribution in [1.29, 1.82) is 0 Å². The molecule has 3 rings (SSSR count). The molecule has 2 fully saturated rings. The van der Waals surface area contributed by atoms with Crippen molar-refractivity contribution in [3.8, 4) is 11.5 Å². The molecule has 5 heteroatoms. The van der Waals surface area contributed by atoms with Gasteiger partial charge in [-0.15, -0.1) is 0 Å². The highest BCUT2D eigenvalue weighted by atomic mass is 16.5. The number of methoxy groups -OCH3 is 1. The van der Waals surface area contributed by atoms with Gasteiger partial charge in [0.05, 0.1) is 19.8 Å². The van der Waals surface area contributed by atoms with Crippen LogP contribution in [0.15, 0.2) is 18.2 Å². The van der Waals surface area contributed by atoms with E-state index in [2.05, 4.69) is 24.5 Å². The van der Waals surface area contributed by atoms with Gasteiger partial charge in [0, 0.05) is 5.92 Å². The van der Waals surface area contributed by atoms with Gasteiger partial charge in [-0.05, 0) is 68.3 Å². The Kier molecular flexibility index (Phi) is 5.76. The maximum Gasteiger partial charge on any atom is 0.224 e. The first-order valence-corrected chi connectivity index (χ1v) is 9.77. The Balaban J connectivity index is 1.60. The molecule has 1 amide bonds. The van der Waals surface area contributed by atoms with Gasteiger partial charge in [-0.1, -0.05) is 19.9 Å². The summed E-state index contributed by atoms with van der Waals surface area (Å²) in [6, 6.07) is 5.87. The van der Waals surface area contributed by atoms with Gasteiger partial charge in [0.1, 0.15) is 0 Å². The molecule has 144 valence electrons. The van der Waals surface area contributed by atoms with Crippen LogP contribution in [-0.2, 0) is 4.79 Å². The number of ether oxygens (including phenoxy) is 2. The van der Waals surface area contributed by atoms with Gasteiger partial charge in [-0.2, -0.15) is 0 Å². The molecular weight excluding hydrogens is 328 g/mol. The number of amides is 1. The summed E-state index contributed by atoms with van der Waals surface area (Å²) in [4.78, 5) is 12.7. The largest absolute Gasteiger partial charge is 0.493 e. The quantitative estimate of drug-likeness (QED) is 0.783. The number of carbonyl (C=O) groups is 1. The van der Waals surface area contributed by atoms with E-state index in [1.54, 1.807) is 7.11 Å². The summed E-state index contributed by atoms with van der Waals surface area (Å²) in [6.07, 6.45) is 3.28. The lowest BCUT2D eigenvalue weighted by Gasteiger charge is -2.24. The van der Waals surface area contributed by atoms with Crippen LogP contribution in [0.1, 0.15) is 51.6 Å². The number of piperidine rings is 1. The van der Waals surface area contributed by atoms with E-state index in [9.17, 15) is 4.79 Å². The third kappa shape index (κ3) is 4.14. The first-order valence-electron chi connectivity index (χ1n) is 9.77. The lowest BCUT2D eigenvalue weighted by atomic mass is 9.91.